The van der Waals surface area contributed by atoms with Crippen molar-refractivity contribution in [3.05, 3.63) is 24.3 Å². The monoisotopic (exact) mass is 1320 g/mol. The van der Waals surface area contributed by atoms with Crippen molar-refractivity contribution in [3.8, 4) is 0 Å². The fraction of sp³-hybridized carbons (Fsp3) is 0.887. The Balaban J connectivity index is 5.29. The summed E-state index contributed by atoms with van der Waals surface area (Å²) >= 11 is 0. The SMILES string of the molecule is CCCCCC/C=C\C=C/CCCCCCCC(=O)OC[C@H](COP(=O)(O)OCC(O)COP(=O)(O)OC[C@@H](COC(=O)CCCCCCCCCC(C)C)OC(=O)CCCCCCCCCCCCC(C)C)OC(=O)CCCCCCCCCCCC(C)C. The van der Waals surface area contributed by atoms with E-state index in [1.165, 1.54) is 116 Å². The first kappa shape index (κ1) is 87.5. The maximum atomic E-state index is 13.0. The first-order valence-corrected chi connectivity index (χ1v) is 39.2. The third-order valence-corrected chi connectivity index (χ3v) is 17.7. The van der Waals surface area contributed by atoms with E-state index in [0.29, 0.717) is 31.6 Å². The van der Waals surface area contributed by atoms with Gasteiger partial charge in [0.15, 0.2) is 12.2 Å². The quantitative estimate of drug-likeness (QED) is 0.0169. The molecule has 5 atom stereocenters. The highest BCUT2D eigenvalue weighted by atomic mass is 31.2. The number of hydrogen-bond acceptors (Lipinski definition) is 15. The molecule has 0 saturated heterocycles. The van der Waals surface area contributed by atoms with Gasteiger partial charge in [-0.05, 0) is 69.1 Å². The number of ether oxygens (including phenoxy) is 4. The molecule has 0 fully saturated rings. The Morgan fingerprint density at radius 1 is 0.344 bits per heavy atom. The predicted molar refractivity (Wildman–Crippen MR) is 363 cm³/mol. The van der Waals surface area contributed by atoms with Crippen LogP contribution in [0, 0.1) is 17.8 Å². The maximum absolute atomic E-state index is 13.0. The molecule has 0 aromatic carbocycles. The van der Waals surface area contributed by atoms with Gasteiger partial charge >= 0.3 is 39.5 Å². The maximum Gasteiger partial charge on any atom is 0.472 e. The Kier molecular flexibility index (Phi) is 59.7. The fourth-order valence-corrected chi connectivity index (χ4v) is 11.8. The van der Waals surface area contributed by atoms with Crippen molar-refractivity contribution in [3.63, 3.8) is 0 Å². The highest BCUT2D eigenvalue weighted by Gasteiger charge is 2.30. The number of esters is 4. The number of allylic oxidation sites excluding steroid dienone is 4. The van der Waals surface area contributed by atoms with Crippen molar-refractivity contribution < 1.29 is 80.2 Å². The average molecular weight is 1320 g/mol. The number of carbonyl (C=O) groups is 4. The number of phosphoric acid groups is 2. The predicted octanol–water partition coefficient (Wildman–Crippen LogP) is 19.8. The van der Waals surface area contributed by atoms with Crippen molar-refractivity contribution in [2.45, 2.75) is 349 Å². The molecule has 0 amide bonds. The van der Waals surface area contributed by atoms with Gasteiger partial charge in [-0.3, -0.25) is 37.3 Å². The second-order valence-corrected chi connectivity index (χ2v) is 29.3. The van der Waals surface area contributed by atoms with Crippen molar-refractivity contribution in [1.82, 2.24) is 0 Å². The molecule has 0 spiro atoms. The normalized spacial score (nSPS) is 14.4. The highest BCUT2D eigenvalue weighted by Crippen LogP contribution is 2.45. The molecule has 0 aliphatic carbocycles. The zero-order valence-electron chi connectivity index (χ0n) is 58.1. The van der Waals surface area contributed by atoms with E-state index in [4.69, 9.17) is 37.0 Å². The van der Waals surface area contributed by atoms with Crippen molar-refractivity contribution in [2.24, 2.45) is 17.8 Å². The van der Waals surface area contributed by atoms with Crippen LogP contribution in [0.15, 0.2) is 24.3 Å². The van der Waals surface area contributed by atoms with Gasteiger partial charge in [0, 0.05) is 25.7 Å². The zero-order valence-corrected chi connectivity index (χ0v) is 59.9. The molecule has 0 rings (SSSR count). The number of unbranched alkanes of at least 4 members (excludes halogenated alkanes) is 32. The average Bonchev–Trinajstić information content (AvgIpc) is 2.90. The van der Waals surface area contributed by atoms with Crippen LogP contribution >= 0.6 is 15.6 Å². The second kappa shape index (κ2) is 61.4. The van der Waals surface area contributed by atoms with Crippen molar-refractivity contribution >= 4 is 39.5 Å². The summed E-state index contributed by atoms with van der Waals surface area (Å²) in [4.78, 5) is 72.5. The third-order valence-electron chi connectivity index (χ3n) is 15.8. The second-order valence-electron chi connectivity index (χ2n) is 26.4. The lowest BCUT2D eigenvalue weighted by Gasteiger charge is -2.21. The summed E-state index contributed by atoms with van der Waals surface area (Å²) in [5, 5.41) is 10.6. The van der Waals surface area contributed by atoms with Gasteiger partial charge < -0.3 is 33.8 Å². The van der Waals surface area contributed by atoms with Gasteiger partial charge in [0.1, 0.15) is 19.3 Å². The molecule has 0 heterocycles. The highest BCUT2D eigenvalue weighted by molar-refractivity contribution is 7.47. The smallest absolute Gasteiger partial charge is 0.462 e. The van der Waals surface area contributed by atoms with E-state index >= 15 is 0 Å². The van der Waals surface area contributed by atoms with Crippen LogP contribution in [0.1, 0.15) is 331 Å². The summed E-state index contributed by atoms with van der Waals surface area (Å²) in [6, 6.07) is 0. The Morgan fingerprint density at radius 2 is 0.600 bits per heavy atom. The van der Waals surface area contributed by atoms with E-state index in [1.54, 1.807) is 0 Å². The molecule has 530 valence electrons. The van der Waals surface area contributed by atoms with Gasteiger partial charge in [-0.1, -0.05) is 278 Å². The molecule has 0 radical (unpaired) electrons. The van der Waals surface area contributed by atoms with Crippen LogP contribution < -0.4 is 0 Å². The summed E-state index contributed by atoms with van der Waals surface area (Å²) in [6.45, 7) is 11.7. The minimum atomic E-state index is -4.96. The van der Waals surface area contributed by atoms with Crippen molar-refractivity contribution in [2.75, 3.05) is 39.6 Å². The molecule has 0 bridgehead atoms. The van der Waals surface area contributed by atoms with E-state index in [0.717, 1.165) is 127 Å². The summed E-state index contributed by atoms with van der Waals surface area (Å²) in [5.41, 5.74) is 0. The number of carbonyl (C=O) groups excluding carboxylic acids is 4. The number of hydrogen-bond donors (Lipinski definition) is 3. The van der Waals surface area contributed by atoms with Gasteiger partial charge in [0.25, 0.3) is 0 Å². The Morgan fingerprint density at radius 3 is 0.900 bits per heavy atom. The largest absolute Gasteiger partial charge is 0.472 e. The summed E-state index contributed by atoms with van der Waals surface area (Å²) in [6.07, 6.45) is 48.1. The fourth-order valence-electron chi connectivity index (χ4n) is 10.2. The topological polar surface area (TPSA) is 237 Å². The lowest BCUT2D eigenvalue weighted by atomic mass is 10.0. The van der Waals surface area contributed by atoms with Crippen LogP contribution in [0.25, 0.3) is 0 Å². The van der Waals surface area contributed by atoms with Crippen LogP contribution in [0.5, 0.6) is 0 Å². The molecule has 17 nitrogen and oxygen atoms in total. The molecule has 3 unspecified atom stereocenters. The lowest BCUT2D eigenvalue weighted by molar-refractivity contribution is -0.161. The Hall–Kier alpha value is -2.46. The van der Waals surface area contributed by atoms with E-state index < -0.39 is 97.5 Å². The van der Waals surface area contributed by atoms with E-state index in [1.807, 2.05) is 0 Å². The van der Waals surface area contributed by atoms with Crippen molar-refractivity contribution in [1.29, 1.82) is 0 Å². The molecular weight excluding hydrogens is 1190 g/mol. The molecule has 3 N–H and O–H groups in total. The van der Waals surface area contributed by atoms with Gasteiger partial charge in [-0.2, -0.15) is 0 Å². The number of rotatable bonds is 67. The van der Waals surface area contributed by atoms with Gasteiger partial charge in [-0.25, -0.2) is 9.13 Å². The molecule has 0 aromatic rings. The minimum absolute atomic E-state index is 0.0979. The molecule has 0 aliphatic heterocycles. The number of aliphatic hydroxyl groups excluding tert-OH is 1. The number of phosphoric ester groups is 2. The van der Waals surface area contributed by atoms with Crippen LogP contribution in [0.2, 0.25) is 0 Å². The van der Waals surface area contributed by atoms with E-state index in [2.05, 4.69) is 72.8 Å². The van der Waals surface area contributed by atoms with E-state index in [9.17, 15) is 43.2 Å². The summed E-state index contributed by atoms with van der Waals surface area (Å²) in [5.74, 6) is 0.0301. The summed E-state index contributed by atoms with van der Waals surface area (Å²) in [7, 11) is -9.91. The first-order chi connectivity index (χ1) is 43.2. The zero-order chi connectivity index (χ0) is 66.6. The minimum Gasteiger partial charge on any atom is -0.462 e. The van der Waals surface area contributed by atoms with Gasteiger partial charge in [-0.15, -0.1) is 0 Å². The number of aliphatic hydroxyl groups is 1. The first-order valence-electron chi connectivity index (χ1n) is 36.2. The molecule has 0 aromatic heterocycles. The molecule has 0 aliphatic rings. The van der Waals surface area contributed by atoms with Crippen LogP contribution in [-0.2, 0) is 65.4 Å². The molecule has 90 heavy (non-hydrogen) atoms. The van der Waals surface area contributed by atoms with Crippen LogP contribution in [0.4, 0.5) is 0 Å². The third kappa shape index (κ3) is 64.3. The molecule has 19 heteroatoms. The lowest BCUT2D eigenvalue weighted by Crippen LogP contribution is -2.30. The Labute approximate surface area is 548 Å². The van der Waals surface area contributed by atoms with E-state index in [-0.39, 0.29) is 25.7 Å². The van der Waals surface area contributed by atoms with Gasteiger partial charge in [0.2, 0.25) is 0 Å². The standard InChI is InChI=1S/C71H134O17P2/c1-8-9-10-11-12-13-14-15-16-17-18-24-31-38-45-52-68(73)81-58-66(88-71(76)55-48-41-33-26-21-23-29-36-43-50-63(4)5)60-85-89(77,78)83-56-65(72)57-84-90(79,80)86-61-67(59-82-69(74)53-46-39-34-27-30-37-44-51-64(6)7)87-70(75)54-47-40-32-25-20-19-22-28-35-42-49-62(2)3/h13-16,62-67,72H,8-12,17-61H2,1-7H3,(H,77,78)(H,79,80)/b14-13-,16-15-/t65?,66-,67-/m1/s1. The van der Waals surface area contributed by atoms with Crippen LogP contribution in [0.3, 0.4) is 0 Å². The van der Waals surface area contributed by atoms with Crippen LogP contribution in [-0.4, -0.2) is 96.7 Å². The molecule has 0 saturated carbocycles. The van der Waals surface area contributed by atoms with Gasteiger partial charge in [0.05, 0.1) is 26.4 Å². The molecular formula is C71H134O17P2. The summed E-state index contributed by atoms with van der Waals surface area (Å²) < 4.78 is 68.3. The Bertz CT molecular complexity index is 1860.